The molecule has 1 saturated carbocycles. The van der Waals surface area contributed by atoms with Crippen LogP contribution < -0.4 is 9.47 Å². The number of carboxylic acids is 1. The van der Waals surface area contributed by atoms with Crippen LogP contribution in [0, 0.1) is 12.5 Å². The van der Waals surface area contributed by atoms with E-state index in [0.29, 0.717) is 44.0 Å². The normalized spacial score (nSPS) is 19.6. The van der Waals surface area contributed by atoms with Crippen molar-refractivity contribution in [3.05, 3.63) is 35.2 Å². The van der Waals surface area contributed by atoms with Gasteiger partial charge < -0.3 is 19.4 Å². The number of likely N-dealkylation sites (tertiary alicyclic amines) is 1. The third-order valence-corrected chi connectivity index (χ3v) is 5.65. The molecule has 0 atom stereocenters. The molecule has 0 bridgehead atoms. The minimum absolute atomic E-state index is 0.0264. The van der Waals surface area contributed by atoms with Gasteiger partial charge in [-0.2, -0.15) is 8.78 Å². The SMILES string of the molecule is [C-]#[N+]C1(c2ccc(OC(F)F)c(OCC3CCC3)c2)CCN(CC(=O)O)CC1. The van der Waals surface area contributed by atoms with Crippen LogP contribution in [-0.2, 0) is 10.3 Å². The van der Waals surface area contributed by atoms with E-state index in [1.807, 2.05) is 0 Å². The third-order valence-electron chi connectivity index (χ3n) is 5.65. The second-order valence-electron chi connectivity index (χ2n) is 7.46. The first-order chi connectivity index (χ1) is 13.4. The zero-order valence-electron chi connectivity index (χ0n) is 15.6. The second-order valence-corrected chi connectivity index (χ2v) is 7.46. The average molecular weight is 394 g/mol. The molecule has 28 heavy (non-hydrogen) atoms. The Morgan fingerprint density at radius 3 is 2.57 bits per heavy atom. The van der Waals surface area contributed by atoms with E-state index in [0.717, 1.165) is 19.3 Å². The molecule has 1 saturated heterocycles. The summed E-state index contributed by atoms with van der Waals surface area (Å²) in [5.74, 6) is -0.255. The van der Waals surface area contributed by atoms with E-state index in [4.69, 9.17) is 16.4 Å². The molecule has 1 aromatic rings. The molecule has 6 nitrogen and oxygen atoms in total. The Bertz CT molecular complexity index is 738. The van der Waals surface area contributed by atoms with Crippen LogP contribution in [-0.4, -0.2) is 48.8 Å². The van der Waals surface area contributed by atoms with E-state index in [9.17, 15) is 13.6 Å². The van der Waals surface area contributed by atoms with Gasteiger partial charge >= 0.3 is 12.6 Å². The maximum atomic E-state index is 12.7. The van der Waals surface area contributed by atoms with E-state index < -0.39 is 18.1 Å². The molecule has 152 valence electrons. The number of halogens is 2. The number of rotatable bonds is 8. The fourth-order valence-electron chi connectivity index (χ4n) is 3.71. The van der Waals surface area contributed by atoms with Gasteiger partial charge in [-0.05, 0) is 37.0 Å². The summed E-state index contributed by atoms with van der Waals surface area (Å²) in [6, 6.07) is 4.72. The van der Waals surface area contributed by atoms with Crippen LogP contribution in [0.5, 0.6) is 11.5 Å². The molecule has 0 unspecified atom stereocenters. The third kappa shape index (κ3) is 4.71. The predicted molar refractivity (Wildman–Crippen MR) is 97.5 cm³/mol. The molecular formula is C20H24F2N2O4. The predicted octanol–water partition coefficient (Wildman–Crippen LogP) is 3.76. The molecule has 8 heteroatoms. The number of carbonyl (C=O) groups is 1. The molecule has 1 N–H and O–H groups in total. The van der Waals surface area contributed by atoms with Crippen LogP contribution in [0.25, 0.3) is 4.85 Å². The van der Waals surface area contributed by atoms with Crippen LogP contribution in [0.3, 0.4) is 0 Å². The zero-order chi connectivity index (χ0) is 20.1. The summed E-state index contributed by atoms with van der Waals surface area (Å²) in [5, 5.41) is 8.94. The summed E-state index contributed by atoms with van der Waals surface area (Å²) >= 11 is 0. The van der Waals surface area contributed by atoms with Crippen molar-refractivity contribution in [3.63, 3.8) is 0 Å². The number of hydrogen-bond acceptors (Lipinski definition) is 4. The van der Waals surface area contributed by atoms with Crippen molar-refractivity contribution in [2.24, 2.45) is 5.92 Å². The number of ether oxygens (including phenoxy) is 2. The number of alkyl halides is 2. The highest BCUT2D eigenvalue weighted by Gasteiger charge is 2.43. The summed E-state index contributed by atoms with van der Waals surface area (Å²) in [5.41, 5.74) is -0.116. The van der Waals surface area contributed by atoms with E-state index in [2.05, 4.69) is 9.58 Å². The van der Waals surface area contributed by atoms with Gasteiger partial charge in [0.25, 0.3) is 5.54 Å². The first-order valence-electron chi connectivity index (χ1n) is 9.47. The Labute approximate surface area is 162 Å². The molecule has 0 radical (unpaired) electrons. The van der Waals surface area contributed by atoms with Crippen molar-refractivity contribution in [2.75, 3.05) is 26.2 Å². The van der Waals surface area contributed by atoms with Gasteiger partial charge in [-0.25, -0.2) is 6.57 Å². The van der Waals surface area contributed by atoms with Gasteiger partial charge in [0.2, 0.25) is 0 Å². The van der Waals surface area contributed by atoms with Crippen molar-refractivity contribution >= 4 is 5.97 Å². The maximum Gasteiger partial charge on any atom is 0.387 e. The van der Waals surface area contributed by atoms with E-state index in [1.165, 1.54) is 6.07 Å². The number of carboxylic acid groups (broad SMARTS) is 1. The number of benzene rings is 1. The lowest BCUT2D eigenvalue weighted by Crippen LogP contribution is -2.43. The van der Waals surface area contributed by atoms with Crippen molar-refractivity contribution in [1.29, 1.82) is 0 Å². The highest BCUT2D eigenvalue weighted by Crippen LogP contribution is 2.41. The number of piperidine rings is 1. The minimum atomic E-state index is -2.95. The lowest BCUT2D eigenvalue weighted by molar-refractivity contribution is -0.138. The molecule has 1 aromatic carbocycles. The Morgan fingerprint density at radius 1 is 1.32 bits per heavy atom. The summed E-state index contributed by atoms with van der Waals surface area (Å²) < 4.78 is 35.9. The number of aliphatic carboxylic acids is 1. The van der Waals surface area contributed by atoms with Gasteiger partial charge in [-0.1, -0.05) is 6.42 Å². The maximum absolute atomic E-state index is 12.7. The van der Waals surface area contributed by atoms with Gasteiger partial charge in [0.1, 0.15) is 0 Å². The number of nitrogens with zero attached hydrogens (tertiary/aromatic N) is 2. The zero-order valence-corrected chi connectivity index (χ0v) is 15.6. The fourth-order valence-corrected chi connectivity index (χ4v) is 3.71. The standard InChI is InChI=1S/C20H24F2N2O4/c1-23-20(7-9-24(10-8-20)12-18(25)26)15-5-6-16(28-19(21)22)17(11-15)27-13-14-3-2-4-14/h5-6,11,14,19H,2-4,7-10,12-13H2,(H,25,26). The lowest BCUT2D eigenvalue weighted by atomic mass is 9.81. The monoisotopic (exact) mass is 394 g/mol. The summed E-state index contributed by atoms with van der Waals surface area (Å²) in [4.78, 5) is 16.5. The first kappa shape index (κ1) is 20.3. The number of hydrogen-bond donors (Lipinski definition) is 1. The Balaban J connectivity index is 1.79. The average Bonchev–Trinajstić information content (AvgIpc) is 2.61. The van der Waals surface area contributed by atoms with Crippen LogP contribution >= 0.6 is 0 Å². The first-order valence-corrected chi connectivity index (χ1v) is 9.47. The smallest absolute Gasteiger partial charge is 0.387 e. The molecule has 0 amide bonds. The largest absolute Gasteiger partial charge is 0.489 e. The Kier molecular flexibility index (Phi) is 6.35. The fraction of sp³-hybridized carbons (Fsp3) is 0.600. The van der Waals surface area contributed by atoms with E-state index in [1.54, 1.807) is 17.0 Å². The van der Waals surface area contributed by atoms with E-state index in [-0.39, 0.29) is 18.0 Å². The van der Waals surface area contributed by atoms with Gasteiger partial charge in [-0.3, -0.25) is 9.69 Å². The van der Waals surface area contributed by atoms with Crippen LogP contribution in [0.1, 0.15) is 37.7 Å². The topological polar surface area (TPSA) is 63.4 Å². The van der Waals surface area contributed by atoms with Crippen LogP contribution in [0.4, 0.5) is 8.78 Å². The van der Waals surface area contributed by atoms with Crippen LogP contribution in [0.15, 0.2) is 18.2 Å². The van der Waals surface area contributed by atoms with Gasteiger partial charge in [-0.15, -0.1) is 0 Å². The molecule has 2 aliphatic rings. The minimum Gasteiger partial charge on any atom is -0.489 e. The highest BCUT2D eigenvalue weighted by molar-refractivity contribution is 5.69. The van der Waals surface area contributed by atoms with Crippen molar-refractivity contribution < 1.29 is 28.2 Å². The summed E-state index contributed by atoms with van der Waals surface area (Å²) in [7, 11) is 0. The summed E-state index contributed by atoms with van der Waals surface area (Å²) in [6.07, 6.45) is 4.23. The lowest BCUT2D eigenvalue weighted by Gasteiger charge is -2.33. The Morgan fingerprint density at radius 2 is 2.04 bits per heavy atom. The quantitative estimate of drug-likeness (QED) is 0.680. The molecule has 1 aliphatic carbocycles. The molecule has 0 aromatic heterocycles. The molecule has 1 heterocycles. The molecule has 2 fully saturated rings. The van der Waals surface area contributed by atoms with Gasteiger partial charge in [0.15, 0.2) is 11.5 Å². The Hall–Kier alpha value is -2.40. The molecule has 1 aliphatic heterocycles. The van der Waals surface area contributed by atoms with Gasteiger partial charge in [0.05, 0.1) is 13.2 Å². The molecule has 0 spiro atoms. The van der Waals surface area contributed by atoms with Crippen LogP contribution in [0.2, 0.25) is 0 Å². The van der Waals surface area contributed by atoms with Gasteiger partial charge in [0, 0.05) is 31.5 Å². The highest BCUT2D eigenvalue weighted by atomic mass is 19.3. The second kappa shape index (κ2) is 8.74. The van der Waals surface area contributed by atoms with Crippen molar-refractivity contribution in [1.82, 2.24) is 4.90 Å². The summed E-state index contributed by atoms with van der Waals surface area (Å²) in [6.45, 7) is 6.15. The molecular weight excluding hydrogens is 370 g/mol. The van der Waals surface area contributed by atoms with E-state index >= 15 is 0 Å². The van der Waals surface area contributed by atoms with Crippen molar-refractivity contribution in [2.45, 2.75) is 44.3 Å². The molecule has 3 rings (SSSR count). The van der Waals surface area contributed by atoms with Crippen molar-refractivity contribution in [3.8, 4) is 11.5 Å².